The lowest BCUT2D eigenvalue weighted by atomic mass is 9.72. The van der Waals surface area contributed by atoms with Crippen molar-refractivity contribution in [1.29, 1.82) is 0 Å². The zero-order valence-electron chi connectivity index (χ0n) is 21.5. The van der Waals surface area contributed by atoms with Gasteiger partial charge in [-0.1, -0.05) is 12.1 Å². The van der Waals surface area contributed by atoms with E-state index in [1.54, 1.807) is 6.92 Å². The third-order valence-electron chi connectivity index (χ3n) is 7.90. The van der Waals surface area contributed by atoms with Gasteiger partial charge in [-0.25, -0.2) is 0 Å². The number of aliphatic hydroxyl groups is 3. The van der Waals surface area contributed by atoms with Crippen LogP contribution >= 0.6 is 22.9 Å². The number of fused-ring (bicyclic) bond motifs is 3. The highest BCUT2D eigenvalue weighted by molar-refractivity contribution is 14.1. The Morgan fingerprint density at radius 2 is 1.88 bits per heavy atom. The quantitative estimate of drug-likeness (QED) is 0.124. The zero-order chi connectivity index (χ0) is 29.1. The molecule has 0 aromatic heterocycles. The number of nitrogens with one attached hydrogen (secondary N) is 1. The number of phenols is 2. The van der Waals surface area contributed by atoms with Crippen molar-refractivity contribution in [2.45, 2.75) is 62.4 Å². The molecule has 2 aliphatic carbocycles. The molecule has 2 aromatic carbocycles. The molecule has 40 heavy (non-hydrogen) atoms. The van der Waals surface area contributed by atoms with Crippen molar-refractivity contribution in [3.05, 3.63) is 51.6 Å². The van der Waals surface area contributed by atoms with E-state index < -0.39 is 95.7 Å². The second-order valence-electron chi connectivity index (χ2n) is 10.2. The second-order valence-corrected chi connectivity index (χ2v) is 10.8. The Bertz CT molecular complexity index is 1410. The highest BCUT2D eigenvalue weighted by Crippen LogP contribution is 2.52. The fourth-order valence-electron chi connectivity index (χ4n) is 5.82. The van der Waals surface area contributed by atoms with Crippen LogP contribution in [0.4, 0.5) is 0 Å². The van der Waals surface area contributed by atoms with Gasteiger partial charge in [0, 0.05) is 64.9 Å². The number of ether oxygens (including phenoxy) is 3. The number of phenolic OH excluding ortho intramolecular Hbond substituents is 2. The number of halogens is 1. The van der Waals surface area contributed by atoms with E-state index in [0.717, 1.165) is 0 Å². The molecule has 5 rings (SSSR count). The Kier molecular flexibility index (Phi) is 7.67. The van der Waals surface area contributed by atoms with Gasteiger partial charge in [0.2, 0.25) is 5.78 Å². The van der Waals surface area contributed by atoms with Crippen molar-refractivity contribution in [3.8, 4) is 17.2 Å². The molecule has 1 saturated heterocycles. The molecule has 214 valence electrons. The molecule has 12 nitrogen and oxygen atoms in total. The van der Waals surface area contributed by atoms with Crippen molar-refractivity contribution in [2.24, 2.45) is 0 Å². The van der Waals surface area contributed by atoms with E-state index >= 15 is 0 Å². The summed E-state index contributed by atoms with van der Waals surface area (Å²) in [5, 5.41) is 54.1. The molecule has 0 spiro atoms. The van der Waals surface area contributed by atoms with Crippen molar-refractivity contribution in [3.63, 3.8) is 0 Å². The number of ketones is 3. The first-order chi connectivity index (χ1) is 19.0. The molecular formula is C27H28INO11. The summed E-state index contributed by atoms with van der Waals surface area (Å²) in [6.45, 7) is 0.626. The van der Waals surface area contributed by atoms with Crippen LogP contribution in [0.1, 0.15) is 68.8 Å². The molecule has 1 heterocycles. The number of hydrogen-bond donors (Lipinski definition) is 6. The number of rotatable bonds is 6. The van der Waals surface area contributed by atoms with Gasteiger partial charge in [-0.2, -0.15) is 0 Å². The largest absolute Gasteiger partial charge is 0.507 e. The van der Waals surface area contributed by atoms with Gasteiger partial charge in [-0.15, -0.1) is 0 Å². The molecular weight excluding hydrogens is 641 g/mol. The molecule has 1 fully saturated rings. The molecule has 2 aromatic rings. The van der Waals surface area contributed by atoms with Crippen LogP contribution in [0.5, 0.6) is 17.2 Å². The van der Waals surface area contributed by atoms with Crippen LogP contribution < -0.4 is 8.27 Å². The first-order valence-electron chi connectivity index (χ1n) is 12.6. The average Bonchev–Trinajstić information content (AvgIpc) is 2.94. The Balaban J connectivity index is 1.68. The lowest BCUT2D eigenvalue weighted by Crippen LogP contribution is -2.52. The Hall–Kier alpha value is -2.66. The van der Waals surface area contributed by atoms with E-state index in [9.17, 15) is 39.9 Å². The summed E-state index contributed by atoms with van der Waals surface area (Å²) in [5.74, 6) is -3.70. The van der Waals surface area contributed by atoms with Gasteiger partial charge in [0.15, 0.2) is 17.9 Å². The molecule has 0 saturated carbocycles. The highest BCUT2D eigenvalue weighted by atomic mass is 127. The van der Waals surface area contributed by atoms with E-state index in [1.807, 2.05) is 22.9 Å². The van der Waals surface area contributed by atoms with Crippen molar-refractivity contribution >= 4 is 40.2 Å². The molecule has 1 aliphatic heterocycles. The van der Waals surface area contributed by atoms with E-state index in [-0.39, 0.29) is 34.4 Å². The van der Waals surface area contributed by atoms with E-state index in [0.29, 0.717) is 0 Å². The fraction of sp³-hybridized carbons (Fsp3) is 0.444. The number of carbonyl (C=O) groups is 3. The third-order valence-corrected chi connectivity index (χ3v) is 8.70. The molecule has 6 N–H and O–H groups in total. The summed E-state index contributed by atoms with van der Waals surface area (Å²) in [7, 11) is 1.33. The van der Waals surface area contributed by atoms with Crippen LogP contribution in [-0.4, -0.2) is 86.7 Å². The minimum absolute atomic E-state index is 0.0442. The van der Waals surface area contributed by atoms with Gasteiger partial charge in [-0.3, -0.25) is 17.9 Å². The smallest absolute Gasteiger partial charge is 0.202 e. The van der Waals surface area contributed by atoms with Gasteiger partial charge in [0.25, 0.3) is 0 Å². The summed E-state index contributed by atoms with van der Waals surface area (Å²) < 4.78 is 20.2. The molecule has 0 unspecified atom stereocenters. The minimum Gasteiger partial charge on any atom is -0.507 e. The number of aromatic hydroxyl groups is 2. The summed E-state index contributed by atoms with van der Waals surface area (Å²) in [6, 6.07) is 3.95. The Morgan fingerprint density at radius 1 is 1.18 bits per heavy atom. The Labute approximate surface area is 242 Å². The number of Topliss-reactive ketones (excluding diaryl/α,β-unsaturated/α-hetero) is 1. The number of methoxy groups -OCH3 is 1. The van der Waals surface area contributed by atoms with Gasteiger partial charge in [0.1, 0.15) is 29.5 Å². The normalized spacial score (nSPS) is 29.4. The first-order valence-corrected chi connectivity index (χ1v) is 13.6. The minimum atomic E-state index is -2.23. The Morgan fingerprint density at radius 3 is 2.52 bits per heavy atom. The molecule has 3 aliphatic rings. The van der Waals surface area contributed by atoms with Crippen molar-refractivity contribution in [2.75, 3.05) is 13.7 Å². The van der Waals surface area contributed by atoms with E-state index in [1.165, 1.54) is 25.3 Å². The highest BCUT2D eigenvalue weighted by Gasteiger charge is 2.50. The van der Waals surface area contributed by atoms with Gasteiger partial charge < -0.3 is 39.7 Å². The maximum absolute atomic E-state index is 13.7. The van der Waals surface area contributed by atoms with Gasteiger partial charge in [-0.05, 0) is 13.0 Å². The zero-order valence-corrected chi connectivity index (χ0v) is 23.7. The van der Waals surface area contributed by atoms with E-state index in [4.69, 9.17) is 14.2 Å². The van der Waals surface area contributed by atoms with Crippen molar-refractivity contribution in [1.82, 2.24) is 3.53 Å². The topological polar surface area (TPSA) is 192 Å². The summed E-state index contributed by atoms with van der Waals surface area (Å²) in [4.78, 5) is 39.9. The summed E-state index contributed by atoms with van der Waals surface area (Å²) in [6.07, 6.45) is -4.69. The van der Waals surface area contributed by atoms with Crippen LogP contribution in [0.2, 0.25) is 0 Å². The number of hydrogen-bond acceptors (Lipinski definition) is 12. The molecule has 0 amide bonds. The molecule has 6 atom stereocenters. The molecule has 0 radical (unpaired) electrons. The fourth-order valence-corrected chi connectivity index (χ4v) is 6.45. The summed E-state index contributed by atoms with van der Waals surface area (Å²) >= 11 is 1.89. The third kappa shape index (κ3) is 4.40. The maximum Gasteiger partial charge on any atom is 0.202 e. The van der Waals surface area contributed by atoms with Gasteiger partial charge >= 0.3 is 0 Å². The number of aliphatic hydroxyl groups excluding tert-OH is 2. The number of benzene rings is 2. The monoisotopic (exact) mass is 669 g/mol. The average molecular weight is 669 g/mol. The summed E-state index contributed by atoms with van der Waals surface area (Å²) in [5.41, 5.74) is -3.53. The maximum atomic E-state index is 13.7. The predicted molar refractivity (Wildman–Crippen MR) is 145 cm³/mol. The molecule has 13 heteroatoms. The lowest BCUT2D eigenvalue weighted by Gasteiger charge is -2.42. The van der Waals surface area contributed by atoms with Gasteiger partial charge in [0.05, 0.1) is 42.1 Å². The first kappa shape index (κ1) is 28.9. The SMILES string of the molecule is COc1cccc2c1C(=O)c1c(O)c3c(c(O)c1C2=O)C[C@@](O)(C(=O)CO)C[C@@H]3O[C@H]1C[C@H](NI)[C@H](O)[C@H](C)O1. The van der Waals surface area contributed by atoms with Crippen LogP contribution in [0, 0.1) is 0 Å². The second kappa shape index (κ2) is 10.6. The standard InChI is InChI=1S/C27H28INO11/c1-10-22(32)13(29-28)6-17(39-10)40-15-8-27(37,16(31)9-30)7-12-19(15)26(36)21-20(24(12)34)23(33)11-4-3-5-14(38-2)18(11)25(21)35/h3-5,10,13,15,17,22,29-30,32,34,36-37H,6-9H2,1-2H3/t10-,13-,15-,17-,22+,27-/m0/s1. The van der Waals surface area contributed by atoms with Crippen molar-refractivity contribution < 1.29 is 54.1 Å². The lowest BCUT2D eigenvalue weighted by molar-refractivity contribution is -0.248. The van der Waals surface area contributed by atoms with Crippen LogP contribution in [-0.2, 0) is 20.7 Å². The van der Waals surface area contributed by atoms with Crippen LogP contribution in [0.25, 0.3) is 0 Å². The van der Waals surface area contributed by atoms with Crippen LogP contribution in [0.3, 0.4) is 0 Å². The number of carbonyl (C=O) groups excluding carboxylic acids is 3. The van der Waals surface area contributed by atoms with Crippen LogP contribution in [0.15, 0.2) is 18.2 Å². The predicted octanol–water partition coefficient (Wildman–Crippen LogP) is 0.982. The van der Waals surface area contributed by atoms with E-state index in [2.05, 4.69) is 3.53 Å². The molecule has 0 bridgehead atoms.